The van der Waals surface area contributed by atoms with Gasteiger partial charge in [-0.3, -0.25) is 14.9 Å². The SMILES string of the molecule is C[C@H](Sc1ccc([N+](=O)[O-])cc1)C(=O)Nc1cccc(Br)c1. The normalized spacial score (nSPS) is 11.7. The molecule has 0 aliphatic carbocycles. The van der Waals surface area contributed by atoms with Gasteiger partial charge in [-0.2, -0.15) is 0 Å². The molecule has 0 heterocycles. The molecule has 0 bridgehead atoms. The Kier molecular flexibility index (Phi) is 5.57. The third kappa shape index (κ3) is 4.57. The van der Waals surface area contributed by atoms with E-state index >= 15 is 0 Å². The van der Waals surface area contributed by atoms with Gasteiger partial charge in [0, 0.05) is 27.2 Å². The Hall–Kier alpha value is -1.86. The number of carbonyl (C=O) groups is 1. The Morgan fingerprint density at radius 2 is 1.95 bits per heavy atom. The largest absolute Gasteiger partial charge is 0.325 e. The van der Waals surface area contributed by atoms with Crippen molar-refractivity contribution in [3.8, 4) is 0 Å². The van der Waals surface area contributed by atoms with E-state index in [0.717, 1.165) is 15.1 Å². The fourth-order valence-corrected chi connectivity index (χ4v) is 2.98. The Balaban J connectivity index is 1.97. The van der Waals surface area contributed by atoms with Gasteiger partial charge in [0.25, 0.3) is 5.69 Å². The van der Waals surface area contributed by atoms with E-state index in [1.165, 1.54) is 23.9 Å². The zero-order valence-corrected chi connectivity index (χ0v) is 14.1. The van der Waals surface area contributed by atoms with Crippen molar-refractivity contribution < 1.29 is 9.72 Å². The van der Waals surface area contributed by atoms with Crippen LogP contribution in [0.2, 0.25) is 0 Å². The molecule has 0 saturated carbocycles. The second-order valence-electron chi connectivity index (χ2n) is 4.51. The van der Waals surface area contributed by atoms with Crippen molar-refractivity contribution in [3.05, 3.63) is 63.1 Å². The molecule has 0 unspecified atom stereocenters. The first kappa shape index (κ1) is 16.5. The minimum atomic E-state index is -0.447. The van der Waals surface area contributed by atoms with Crippen LogP contribution in [0.15, 0.2) is 57.9 Å². The van der Waals surface area contributed by atoms with Crippen LogP contribution >= 0.6 is 27.7 Å². The summed E-state index contributed by atoms with van der Waals surface area (Å²) in [6.07, 6.45) is 0. The molecule has 2 aromatic carbocycles. The maximum atomic E-state index is 12.1. The Bertz CT molecular complexity index is 691. The highest BCUT2D eigenvalue weighted by molar-refractivity contribution is 9.10. The standard InChI is InChI=1S/C15H13BrN2O3S/c1-10(15(19)17-12-4-2-3-11(16)9-12)22-14-7-5-13(6-8-14)18(20)21/h2-10H,1H3,(H,17,19)/t10-/m0/s1. The van der Waals surface area contributed by atoms with Crippen molar-refractivity contribution in [3.63, 3.8) is 0 Å². The summed E-state index contributed by atoms with van der Waals surface area (Å²) in [5.41, 5.74) is 0.756. The van der Waals surface area contributed by atoms with E-state index in [1.54, 1.807) is 19.1 Å². The average Bonchev–Trinajstić information content (AvgIpc) is 2.47. The number of nitrogens with zero attached hydrogens (tertiary/aromatic N) is 1. The summed E-state index contributed by atoms with van der Waals surface area (Å²) in [6, 6.07) is 13.5. The van der Waals surface area contributed by atoms with Crippen molar-refractivity contribution >= 4 is 45.0 Å². The van der Waals surface area contributed by atoms with Gasteiger partial charge in [0.15, 0.2) is 0 Å². The average molecular weight is 381 g/mol. The van der Waals surface area contributed by atoms with Crippen LogP contribution in [-0.2, 0) is 4.79 Å². The maximum absolute atomic E-state index is 12.1. The minimum Gasteiger partial charge on any atom is -0.325 e. The molecule has 22 heavy (non-hydrogen) atoms. The number of carbonyl (C=O) groups excluding carboxylic acids is 1. The van der Waals surface area contributed by atoms with E-state index in [2.05, 4.69) is 21.2 Å². The lowest BCUT2D eigenvalue weighted by atomic mass is 10.3. The highest BCUT2D eigenvalue weighted by Crippen LogP contribution is 2.26. The number of amides is 1. The quantitative estimate of drug-likeness (QED) is 0.471. The fraction of sp³-hybridized carbons (Fsp3) is 0.133. The van der Waals surface area contributed by atoms with Gasteiger partial charge in [0.05, 0.1) is 10.2 Å². The first-order valence-electron chi connectivity index (χ1n) is 6.43. The zero-order valence-electron chi connectivity index (χ0n) is 11.7. The summed E-state index contributed by atoms with van der Waals surface area (Å²) in [5.74, 6) is -0.124. The summed E-state index contributed by atoms with van der Waals surface area (Å²) >= 11 is 4.70. The van der Waals surface area contributed by atoms with Crippen LogP contribution in [0.4, 0.5) is 11.4 Å². The van der Waals surface area contributed by atoms with Gasteiger partial charge in [-0.1, -0.05) is 22.0 Å². The van der Waals surface area contributed by atoms with Crippen LogP contribution in [0.1, 0.15) is 6.92 Å². The van der Waals surface area contributed by atoms with E-state index in [0.29, 0.717) is 0 Å². The molecule has 1 atom stereocenters. The summed E-state index contributed by atoms with van der Waals surface area (Å²) < 4.78 is 0.890. The van der Waals surface area contributed by atoms with Crippen LogP contribution in [0.25, 0.3) is 0 Å². The smallest absolute Gasteiger partial charge is 0.269 e. The van der Waals surface area contributed by atoms with E-state index < -0.39 is 4.92 Å². The molecule has 0 fully saturated rings. The Morgan fingerprint density at radius 1 is 1.27 bits per heavy atom. The molecule has 0 spiro atoms. The molecule has 2 rings (SSSR count). The molecule has 1 N–H and O–H groups in total. The number of nitro groups is 1. The first-order valence-corrected chi connectivity index (χ1v) is 8.10. The predicted molar refractivity (Wildman–Crippen MR) is 91.2 cm³/mol. The molecule has 0 radical (unpaired) electrons. The lowest BCUT2D eigenvalue weighted by molar-refractivity contribution is -0.384. The van der Waals surface area contributed by atoms with E-state index in [4.69, 9.17) is 0 Å². The summed E-state index contributed by atoms with van der Waals surface area (Å²) in [6.45, 7) is 1.79. The highest BCUT2D eigenvalue weighted by Gasteiger charge is 2.15. The lowest BCUT2D eigenvalue weighted by Crippen LogP contribution is -2.22. The Labute approximate surface area is 140 Å². The number of rotatable bonds is 5. The second kappa shape index (κ2) is 7.42. The third-order valence-electron chi connectivity index (χ3n) is 2.82. The first-order chi connectivity index (χ1) is 10.5. The molecule has 0 aliphatic rings. The van der Waals surface area contributed by atoms with Crippen molar-refractivity contribution in [1.29, 1.82) is 0 Å². The second-order valence-corrected chi connectivity index (χ2v) is 6.84. The number of benzene rings is 2. The number of hydrogen-bond acceptors (Lipinski definition) is 4. The minimum absolute atomic E-state index is 0.0376. The maximum Gasteiger partial charge on any atom is 0.269 e. The highest BCUT2D eigenvalue weighted by atomic mass is 79.9. The number of hydrogen-bond donors (Lipinski definition) is 1. The van der Waals surface area contributed by atoms with Crippen LogP contribution in [0.3, 0.4) is 0 Å². The topological polar surface area (TPSA) is 72.2 Å². The van der Waals surface area contributed by atoms with Gasteiger partial charge in [0.1, 0.15) is 0 Å². The number of thioether (sulfide) groups is 1. The number of nitro benzene ring substituents is 1. The summed E-state index contributed by atoms with van der Waals surface area (Å²) in [7, 11) is 0. The third-order valence-corrected chi connectivity index (χ3v) is 4.43. The summed E-state index contributed by atoms with van der Waals surface area (Å²) in [5, 5.41) is 13.1. The zero-order chi connectivity index (χ0) is 16.1. The molecular weight excluding hydrogens is 368 g/mol. The number of halogens is 1. The molecule has 5 nitrogen and oxygen atoms in total. The number of nitrogens with one attached hydrogen (secondary N) is 1. The molecule has 0 aromatic heterocycles. The molecule has 7 heteroatoms. The predicted octanol–water partition coefficient (Wildman–Crippen LogP) is 4.48. The van der Waals surface area contributed by atoms with Crippen LogP contribution < -0.4 is 5.32 Å². The lowest BCUT2D eigenvalue weighted by Gasteiger charge is -2.12. The van der Waals surface area contributed by atoms with Crippen LogP contribution in [0, 0.1) is 10.1 Å². The monoisotopic (exact) mass is 380 g/mol. The summed E-state index contributed by atoms with van der Waals surface area (Å²) in [4.78, 5) is 23.1. The molecular formula is C15H13BrN2O3S. The van der Waals surface area contributed by atoms with Crippen LogP contribution in [0.5, 0.6) is 0 Å². The van der Waals surface area contributed by atoms with E-state index in [9.17, 15) is 14.9 Å². The van der Waals surface area contributed by atoms with Crippen molar-refractivity contribution in [2.24, 2.45) is 0 Å². The fourth-order valence-electron chi connectivity index (χ4n) is 1.71. The molecule has 0 saturated heterocycles. The number of anilines is 1. The van der Waals surface area contributed by atoms with Gasteiger partial charge in [-0.15, -0.1) is 11.8 Å². The Morgan fingerprint density at radius 3 is 2.55 bits per heavy atom. The van der Waals surface area contributed by atoms with Gasteiger partial charge in [0.2, 0.25) is 5.91 Å². The molecule has 114 valence electrons. The van der Waals surface area contributed by atoms with Crippen LogP contribution in [-0.4, -0.2) is 16.1 Å². The molecule has 2 aromatic rings. The molecule has 0 aliphatic heterocycles. The van der Waals surface area contributed by atoms with Gasteiger partial charge < -0.3 is 5.32 Å². The van der Waals surface area contributed by atoms with Gasteiger partial charge in [-0.25, -0.2) is 0 Å². The van der Waals surface area contributed by atoms with Crippen molar-refractivity contribution in [1.82, 2.24) is 0 Å². The van der Waals surface area contributed by atoms with E-state index in [-0.39, 0.29) is 16.8 Å². The van der Waals surface area contributed by atoms with Crippen molar-refractivity contribution in [2.45, 2.75) is 17.1 Å². The van der Waals surface area contributed by atoms with Crippen molar-refractivity contribution in [2.75, 3.05) is 5.32 Å². The number of non-ortho nitro benzene ring substituents is 1. The van der Waals surface area contributed by atoms with E-state index in [1.807, 2.05) is 24.3 Å². The van der Waals surface area contributed by atoms with Gasteiger partial charge >= 0.3 is 0 Å². The molecule has 1 amide bonds. The van der Waals surface area contributed by atoms with Gasteiger partial charge in [-0.05, 0) is 37.3 Å².